The van der Waals surface area contributed by atoms with Crippen molar-refractivity contribution in [1.82, 2.24) is 0 Å². The number of esters is 4. The number of rotatable bonds is 84. The van der Waals surface area contributed by atoms with E-state index in [1.807, 2.05) is 0 Å². The minimum atomic E-state index is -4.97. The number of aliphatic hydroxyl groups excluding tert-OH is 1. The standard InChI is InChI=1S/C87H170O17P2/c1-9-79(7)65-57-49-41-35-29-23-19-20-26-32-38-44-54-62-69-86(91)103-82(73-97-84(89)67-59-51-42-36-30-24-17-13-11-15-21-27-33-39-47-55-63-77(3)4)75-101-105(93,94)99-71-81(88)72-100-106(95,96)102-76-83(74-98-85(90)68-60-52-46-45-50-58-66-80(8)10-2)104-87(92)70-61-53-43-37-31-25-18-14-12-16-22-28-34-40-48-56-64-78(5)6/h77-83,88H,9-76H2,1-8H3,(H,93,94)(H,95,96)/t79?,80?,81-,82-,83-/m1/s1. The van der Waals surface area contributed by atoms with Gasteiger partial charge in [0, 0.05) is 25.7 Å². The van der Waals surface area contributed by atoms with Gasteiger partial charge >= 0.3 is 39.5 Å². The molecular weight excluding hydrogens is 1380 g/mol. The lowest BCUT2D eigenvalue weighted by atomic mass is 9.99. The fourth-order valence-corrected chi connectivity index (χ4v) is 15.0. The van der Waals surface area contributed by atoms with Gasteiger partial charge in [0.25, 0.3) is 0 Å². The molecule has 0 radical (unpaired) electrons. The molecule has 19 heteroatoms. The third-order valence-electron chi connectivity index (χ3n) is 21.0. The van der Waals surface area contributed by atoms with Gasteiger partial charge in [-0.2, -0.15) is 0 Å². The van der Waals surface area contributed by atoms with Gasteiger partial charge in [0.05, 0.1) is 26.4 Å². The van der Waals surface area contributed by atoms with Gasteiger partial charge in [-0.3, -0.25) is 37.3 Å². The zero-order valence-electron chi connectivity index (χ0n) is 70.1. The molecule has 630 valence electrons. The number of aliphatic hydroxyl groups is 1. The van der Waals surface area contributed by atoms with E-state index in [1.54, 1.807) is 0 Å². The first-order valence-corrected chi connectivity index (χ1v) is 47.8. The van der Waals surface area contributed by atoms with E-state index in [0.717, 1.165) is 120 Å². The minimum absolute atomic E-state index is 0.107. The monoisotopic (exact) mass is 1550 g/mol. The van der Waals surface area contributed by atoms with Crippen molar-refractivity contribution in [2.75, 3.05) is 39.6 Å². The smallest absolute Gasteiger partial charge is 0.462 e. The average molecular weight is 1550 g/mol. The Kier molecular flexibility index (Phi) is 74.3. The van der Waals surface area contributed by atoms with Gasteiger partial charge in [-0.25, -0.2) is 9.13 Å². The van der Waals surface area contributed by atoms with E-state index in [1.165, 1.54) is 250 Å². The second kappa shape index (κ2) is 75.7. The first kappa shape index (κ1) is 104. The van der Waals surface area contributed by atoms with Gasteiger partial charge in [-0.1, -0.05) is 402 Å². The predicted octanol–water partition coefficient (Wildman–Crippen LogP) is 26.3. The molecule has 0 amide bonds. The maximum Gasteiger partial charge on any atom is 0.472 e. The molecule has 4 unspecified atom stereocenters. The molecule has 0 bridgehead atoms. The van der Waals surface area contributed by atoms with E-state index in [-0.39, 0.29) is 25.7 Å². The van der Waals surface area contributed by atoms with Gasteiger partial charge in [0.15, 0.2) is 12.2 Å². The van der Waals surface area contributed by atoms with Crippen LogP contribution in [0.2, 0.25) is 0 Å². The summed E-state index contributed by atoms with van der Waals surface area (Å²) in [6.45, 7) is 14.4. The minimum Gasteiger partial charge on any atom is -0.462 e. The molecule has 0 aliphatic heterocycles. The molecule has 0 aromatic heterocycles. The van der Waals surface area contributed by atoms with E-state index in [2.05, 4.69) is 55.4 Å². The molecule has 0 rings (SSSR count). The van der Waals surface area contributed by atoms with Crippen molar-refractivity contribution in [2.45, 2.75) is 472 Å². The lowest BCUT2D eigenvalue weighted by molar-refractivity contribution is -0.161. The van der Waals surface area contributed by atoms with Crippen LogP contribution < -0.4 is 0 Å². The highest BCUT2D eigenvalue weighted by Crippen LogP contribution is 2.45. The topological polar surface area (TPSA) is 237 Å². The normalized spacial score (nSPS) is 14.4. The van der Waals surface area contributed by atoms with Crippen LogP contribution in [0.15, 0.2) is 0 Å². The number of carbonyl (C=O) groups excluding carboxylic acids is 4. The molecule has 0 aromatic carbocycles. The third-order valence-corrected chi connectivity index (χ3v) is 22.9. The Labute approximate surface area is 651 Å². The second-order valence-electron chi connectivity index (χ2n) is 32.7. The summed E-state index contributed by atoms with van der Waals surface area (Å²) in [6.07, 6.45) is 65.2. The molecule has 0 aromatic rings. The van der Waals surface area contributed by atoms with Crippen molar-refractivity contribution in [1.29, 1.82) is 0 Å². The number of hydrogen-bond donors (Lipinski definition) is 3. The molecule has 106 heavy (non-hydrogen) atoms. The Morgan fingerprint density at radius 2 is 0.453 bits per heavy atom. The van der Waals surface area contributed by atoms with Crippen molar-refractivity contribution in [2.24, 2.45) is 23.7 Å². The summed E-state index contributed by atoms with van der Waals surface area (Å²) in [6, 6.07) is 0. The zero-order valence-corrected chi connectivity index (χ0v) is 71.9. The molecule has 0 saturated heterocycles. The zero-order chi connectivity index (χ0) is 78.1. The largest absolute Gasteiger partial charge is 0.472 e. The molecular formula is C87H170O17P2. The Hall–Kier alpha value is -1.94. The number of unbranched alkanes of at least 4 members (excludes halogenated alkanes) is 48. The summed E-state index contributed by atoms with van der Waals surface area (Å²) < 4.78 is 68.9. The Morgan fingerprint density at radius 1 is 0.264 bits per heavy atom. The molecule has 0 fully saturated rings. The molecule has 0 aliphatic rings. The van der Waals surface area contributed by atoms with E-state index < -0.39 is 97.5 Å². The Bertz CT molecular complexity index is 2060. The maximum atomic E-state index is 13.2. The molecule has 17 nitrogen and oxygen atoms in total. The second-order valence-corrected chi connectivity index (χ2v) is 35.6. The van der Waals surface area contributed by atoms with Crippen molar-refractivity contribution in [3.05, 3.63) is 0 Å². The first-order chi connectivity index (χ1) is 51.2. The fourth-order valence-electron chi connectivity index (χ4n) is 13.4. The first-order valence-electron chi connectivity index (χ1n) is 44.8. The lowest BCUT2D eigenvalue weighted by Crippen LogP contribution is -2.30. The number of ether oxygens (including phenoxy) is 4. The van der Waals surface area contributed by atoms with Crippen LogP contribution in [-0.4, -0.2) is 96.7 Å². The average Bonchev–Trinajstić information content (AvgIpc) is 0.913. The summed E-state index contributed by atoms with van der Waals surface area (Å²) in [5.74, 6) is 1.09. The lowest BCUT2D eigenvalue weighted by Gasteiger charge is -2.21. The van der Waals surface area contributed by atoms with E-state index in [4.69, 9.17) is 37.0 Å². The quantitative estimate of drug-likeness (QED) is 0.0222. The van der Waals surface area contributed by atoms with Crippen molar-refractivity contribution >= 4 is 39.5 Å². The summed E-state index contributed by atoms with van der Waals surface area (Å²) in [5.41, 5.74) is 0. The number of phosphoric ester groups is 2. The van der Waals surface area contributed by atoms with Crippen LogP contribution in [0.1, 0.15) is 453 Å². The SMILES string of the molecule is CCC(C)CCCCCCCCCCCCCCCCC(=O)O[C@H](COC(=O)CCCCCCCCCCCCCCCCCCC(C)C)COP(=O)(O)OC[C@@H](O)COP(=O)(O)OC[C@@H](COC(=O)CCCCCCCCC(C)CC)OC(=O)CCCCCCCCCCCCCCCCCCC(C)C. The van der Waals surface area contributed by atoms with Crippen LogP contribution >= 0.6 is 15.6 Å². The summed E-state index contributed by atoms with van der Waals surface area (Å²) >= 11 is 0. The third kappa shape index (κ3) is 77.4. The molecule has 0 heterocycles. The number of phosphoric acid groups is 2. The highest BCUT2D eigenvalue weighted by atomic mass is 31.2. The van der Waals surface area contributed by atoms with E-state index in [9.17, 15) is 43.2 Å². The maximum absolute atomic E-state index is 13.2. The Morgan fingerprint density at radius 3 is 0.670 bits per heavy atom. The van der Waals surface area contributed by atoms with Gasteiger partial charge in [0.2, 0.25) is 0 Å². The van der Waals surface area contributed by atoms with Crippen LogP contribution in [0, 0.1) is 23.7 Å². The summed E-state index contributed by atoms with van der Waals surface area (Å²) in [7, 11) is -9.93. The molecule has 7 atom stereocenters. The van der Waals surface area contributed by atoms with Gasteiger partial charge in [0.1, 0.15) is 19.3 Å². The Balaban J connectivity index is 5.24. The predicted molar refractivity (Wildman–Crippen MR) is 437 cm³/mol. The van der Waals surface area contributed by atoms with Crippen LogP contribution in [0.25, 0.3) is 0 Å². The van der Waals surface area contributed by atoms with Crippen LogP contribution in [0.5, 0.6) is 0 Å². The van der Waals surface area contributed by atoms with Crippen molar-refractivity contribution < 1.29 is 80.2 Å². The highest BCUT2D eigenvalue weighted by molar-refractivity contribution is 7.47. The van der Waals surface area contributed by atoms with Gasteiger partial charge in [-0.05, 0) is 49.4 Å². The van der Waals surface area contributed by atoms with Crippen LogP contribution in [-0.2, 0) is 65.4 Å². The number of carbonyl (C=O) groups is 4. The van der Waals surface area contributed by atoms with Crippen LogP contribution in [0.3, 0.4) is 0 Å². The molecule has 0 spiro atoms. The molecule has 0 aliphatic carbocycles. The van der Waals surface area contributed by atoms with Crippen LogP contribution in [0.4, 0.5) is 0 Å². The van der Waals surface area contributed by atoms with E-state index in [0.29, 0.717) is 25.7 Å². The summed E-state index contributed by atoms with van der Waals surface area (Å²) in [4.78, 5) is 73.3. The number of hydrogen-bond acceptors (Lipinski definition) is 15. The highest BCUT2D eigenvalue weighted by Gasteiger charge is 2.31. The van der Waals surface area contributed by atoms with Gasteiger partial charge < -0.3 is 33.8 Å². The van der Waals surface area contributed by atoms with E-state index >= 15 is 0 Å². The molecule has 3 N–H and O–H groups in total. The molecule has 0 saturated carbocycles. The van der Waals surface area contributed by atoms with Crippen molar-refractivity contribution in [3.63, 3.8) is 0 Å². The summed E-state index contributed by atoms with van der Waals surface area (Å²) in [5, 5.41) is 10.7. The fraction of sp³-hybridized carbons (Fsp3) is 0.954. The van der Waals surface area contributed by atoms with Gasteiger partial charge in [-0.15, -0.1) is 0 Å². The van der Waals surface area contributed by atoms with Crippen molar-refractivity contribution in [3.8, 4) is 0 Å².